The van der Waals surface area contributed by atoms with Crippen LogP contribution in [0.1, 0.15) is 67.7 Å². The first-order valence-corrected chi connectivity index (χ1v) is 9.27. The monoisotopic (exact) mass is 340 g/mol. The van der Waals surface area contributed by atoms with Crippen molar-refractivity contribution >= 4 is 0 Å². The first-order valence-electron chi connectivity index (χ1n) is 9.27. The largest absolute Gasteiger partial charge is 0.474 e. The Morgan fingerprint density at radius 3 is 2.76 bits per heavy atom. The third kappa shape index (κ3) is 4.98. The highest BCUT2D eigenvalue weighted by atomic mass is 16.5. The normalized spacial score (nSPS) is 16.6. The third-order valence-corrected chi connectivity index (χ3v) is 4.86. The van der Waals surface area contributed by atoms with Crippen LogP contribution in [0, 0.1) is 13.8 Å². The molecule has 1 aliphatic carbocycles. The van der Waals surface area contributed by atoms with E-state index in [9.17, 15) is 0 Å². The summed E-state index contributed by atoms with van der Waals surface area (Å²) in [5.74, 6) is 1.56. The quantitative estimate of drug-likeness (QED) is 0.859. The molecule has 3 rings (SSSR count). The SMILES string of the molecule is Cc1ncc([C@H](C)NCc2ccnc(OC3CCCCC3)c2)c(C)n1. The van der Waals surface area contributed by atoms with Gasteiger partial charge in [-0.15, -0.1) is 0 Å². The molecule has 5 nitrogen and oxygen atoms in total. The van der Waals surface area contributed by atoms with E-state index in [1.165, 1.54) is 24.8 Å². The van der Waals surface area contributed by atoms with Crippen LogP contribution in [0.4, 0.5) is 0 Å². The number of aryl methyl sites for hydroxylation is 2. The van der Waals surface area contributed by atoms with E-state index in [-0.39, 0.29) is 6.04 Å². The molecule has 0 saturated heterocycles. The van der Waals surface area contributed by atoms with Crippen LogP contribution in [-0.4, -0.2) is 21.1 Å². The van der Waals surface area contributed by atoms with Gasteiger partial charge < -0.3 is 10.1 Å². The van der Waals surface area contributed by atoms with Gasteiger partial charge in [-0.2, -0.15) is 0 Å². The van der Waals surface area contributed by atoms with Gasteiger partial charge in [0.2, 0.25) is 5.88 Å². The minimum atomic E-state index is 0.191. The lowest BCUT2D eigenvalue weighted by atomic mass is 9.98. The van der Waals surface area contributed by atoms with Crippen LogP contribution in [0.3, 0.4) is 0 Å². The van der Waals surface area contributed by atoms with Gasteiger partial charge in [0.15, 0.2) is 0 Å². The Morgan fingerprint density at radius 2 is 2.00 bits per heavy atom. The van der Waals surface area contributed by atoms with E-state index < -0.39 is 0 Å². The lowest BCUT2D eigenvalue weighted by Crippen LogP contribution is -2.21. The van der Waals surface area contributed by atoms with Crippen LogP contribution in [0.5, 0.6) is 5.88 Å². The number of nitrogens with one attached hydrogen (secondary N) is 1. The molecule has 0 amide bonds. The predicted octanol–water partition coefficient (Wildman–Crippen LogP) is 4.05. The molecule has 0 spiro atoms. The van der Waals surface area contributed by atoms with Crippen molar-refractivity contribution in [3.8, 4) is 5.88 Å². The van der Waals surface area contributed by atoms with Crippen molar-refractivity contribution in [3.63, 3.8) is 0 Å². The molecule has 2 heterocycles. The molecule has 134 valence electrons. The van der Waals surface area contributed by atoms with E-state index in [0.717, 1.165) is 42.3 Å². The fraction of sp³-hybridized carbons (Fsp3) is 0.550. The molecule has 0 unspecified atom stereocenters. The van der Waals surface area contributed by atoms with Crippen LogP contribution in [0.15, 0.2) is 24.5 Å². The van der Waals surface area contributed by atoms with Crippen molar-refractivity contribution in [2.45, 2.75) is 71.6 Å². The van der Waals surface area contributed by atoms with E-state index >= 15 is 0 Å². The number of hydrogen-bond donors (Lipinski definition) is 1. The Hall–Kier alpha value is -2.01. The van der Waals surface area contributed by atoms with E-state index in [4.69, 9.17) is 4.74 Å². The maximum atomic E-state index is 6.06. The van der Waals surface area contributed by atoms with Gasteiger partial charge in [-0.3, -0.25) is 0 Å². The molecule has 0 radical (unpaired) electrons. The van der Waals surface area contributed by atoms with Crippen molar-refractivity contribution in [2.75, 3.05) is 0 Å². The standard InChI is InChI=1S/C20H28N4O/c1-14(19-13-23-16(3)24-15(19)2)22-12-17-9-10-21-20(11-17)25-18-7-5-4-6-8-18/h9-11,13-14,18,22H,4-8,12H2,1-3H3/t14-/m0/s1. The zero-order chi connectivity index (χ0) is 17.6. The summed E-state index contributed by atoms with van der Waals surface area (Å²) in [6.45, 7) is 6.85. The summed E-state index contributed by atoms with van der Waals surface area (Å²) >= 11 is 0. The number of nitrogens with zero attached hydrogens (tertiary/aromatic N) is 3. The summed E-state index contributed by atoms with van der Waals surface area (Å²) in [5.41, 5.74) is 3.35. The van der Waals surface area contributed by atoms with Crippen LogP contribution < -0.4 is 10.1 Å². The number of rotatable bonds is 6. The van der Waals surface area contributed by atoms with E-state index in [1.807, 2.05) is 38.4 Å². The molecular formula is C20H28N4O. The topological polar surface area (TPSA) is 59.9 Å². The van der Waals surface area contributed by atoms with E-state index in [0.29, 0.717) is 6.10 Å². The van der Waals surface area contributed by atoms with Gasteiger partial charge in [0.1, 0.15) is 11.9 Å². The molecule has 5 heteroatoms. The third-order valence-electron chi connectivity index (χ3n) is 4.86. The molecule has 2 aromatic heterocycles. The summed E-state index contributed by atoms with van der Waals surface area (Å²) in [6, 6.07) is 4.27. The van der Waals surface area contributed by atoms with Gasteiger partial charge in [0.25, 0.3) is 0 Å². The average Bonchev–Trinajstić information content (AvgIpc) is 2.61. The predicted molar refractivity (Wildman–Crippen MR) is 98.5 cm³/mol. The van der Waals surface area contributed by atoms with Crippen LogP contribution in [-0.2, 0) is 6.54 Å². The van der Waals surface area contributed by atoms with Crippen molar-refractivity contribution in [1.29, 1.82) is 0 Å². The second-order valence-corrected chi connectivity index (χ2v) is 6.94. The van der Waals surface area contributed by atoms with Crippen LogP contribution in [0.2, 0.25) is 0 Å². The fourth-order valence-electron chi connectivity index (χ4n) is 3.38. The molecule has 1 aliphatic rings. The molecule has 25 heavy (non-hydrogen) atoms. The smallest absolute Gasteiger partial charge is 0.213 e. The molecule has 1 saturated carbocycles. The average molecular weight is 340 g/mol. The Kier molecular flexibility index (Phi) is 5.97. The van der Waals surface area contributed by atoms with Gasteiger partial charge in [0, 0.05) is 42.3 Å². The summed E-state index contributed by atoms with van der Waals surface area (Å²) < 4.78 is 6.06. The molecule has 1 N–H and O–H groups in total. The second kappa shape index (κ2) is 8.39. The lowest BCUT2D eigenvalue weighted by molar-refractivity contribution is 0.148. The lowest BCUT2D eigenvalue weighted by Gasteiger charge is -2.22. The Balaban J connectivity index is 1.58. The Labute approximate surface area is 150 Å². The summed E-state index contributed by atoms with van der Waals surface area (Å²) in [6.07, 6.45) is 10.2. The number of aromatic nitrogens is 3. The highest BCUT2D eigenvalue weighted by Gasteiger charge is 2.15. The van der Waals surface area contributed by atoms with Gasteiger partial charge in [-0.05, 0) is 58.1 Å². The maximum Gasteiger partial charge on any atom is 0.213 e. The van der Waals surface area contributed by atoms with Crippen LogP contribution in [0.25, 0.3) is 0 Å². The Bertz CT molecular complexity index is 698. The first kappa shape index (κ1) is 17.8. The minimum Gasteiger partial charge on any atom is -0.474 e. The second-order valence-electron chi connectivity index (χ2n) is 6.94. The molecule has 0 aromatic carbocycles. The molecular weight excluding hydrogens is 312 g/mol. The molecule has 0 aliphatic heterocycles. The zero-order valence-electron chi connectivity index (χ0n) is 15.5. The number of pyridine rings is 1. The highest BCUT2D eigenvalue weighted by molar-refractivity contribution is 5.23. The van der Waals surface area contributed by atoms with E-state index in [2.05, 4.69) is 27.2 Å². The molecule has 1 fully saturated rings. The van der Waals surface area contributed by atoms with Gasteiger partial charge in [-0.1, -0.05) is 6.42 Å². The molecule has 2 aromatic rings. The van der Waals surface area contributed by atoms with Gasteiger partial charge in [0.05, 0.1) is 0 Å². The highest BCUT2D eigenvalue weighted by Crippen LogP contribution is 2.23. The van der Waals surface area contributed by atoms with Crippen molar-refractivity contribution in [2.24, 2.45) is 0 Å². The van der Waals surface area contributed by atoms with Gasteiger partial charge in [-0.25, -0.2) is 15.0 Å². The molecule has 1 atom stereocenters. The summed E-state index contributed by atoms with van der Waals surface area (Å²) in [4.78, 5) is 13.1. The maximum absolute atomic E-state index is 6.06. The minimum absolute atomic E-state index is 0.191. The summed E-state index contributed by atoms with van der Waals surface area (Å²) in [7, 11) is 0. The van der Waals surface area contributed by atoms with E-state index in [1.54, 1.807) is 0 Å². The summed E-state index contributed by atoms with van der Waals surface area (Å²) in [5, 5.41) is 3.54. The number of hydrogen-bond acceptors (Lipinski definition) is 5. The van der Waals surface area contributed by atoms with Crippen molar-refractivity contribution < 1.29 is 4.74 Å². The Morgan fingerprint density at radius 1 is 1.20 bits per heavy atom. The van der Waals surface area contributed by atoms with Crippen molar-refractivity contribution in [1.82, 2.24) is 20.3 Å². The molecule has 0 bridgehead atoms. The fourth-order valence-corrected chi connectivity index (χ4v) is 3.38. The van der Waals surface area contributed by atoms with Crippen LogP contribution >= 0.6 is 0 Å². The first-order chi connectivity index (χ1) is 12.1. The van der Waals surface area contributed by atoms with Gasteiger partial charge >= 0.3 is 0 Å². The van der Waals surface area contributed by atoms with Crippen molar-refractivity contribution in [3.05, 3.63) is 47.2 Å². The zero-order valence-corrected chi connectivity index (χ0v) is 15.5. The number of ether oxygens (including phenoxy) is 1.